The van der Waals surface area contributed by atoms with Gasteiger partial charge >= 0.3 is 0 Å². The normalized spacial score (nSPS) is 16.7. The molecule has 1 aromatic heterocycles. The summed E-state index contributed by atoms with van der Waals surface area (Å²) in [6.07, 6.45) is 4.13. The van der Waals surface area contributed by atoms with Gasteiger partial charge in [-0.25, -0.2) is 0 Å². The predicted molar refractivity (Wildman–Crippen MR) is 97.7 cm³/mol. The van der Waals surface area contributed by atoms with Crippen LogP contribution in [-0.4, -0.2) is 48.9 Å². The van der Waals surface area contributed by atoms with Gasteiger partial charge in [0.15, 0.2) is 0 Å². The molecule has 1 aromatic carbocycles. The second kappa shape index (κ2) is 6.77. The Bertz CT molecular complexity index is 760. The van der Waals surface area contributed by atoms with Gasteiger partial charge in [-0.1, -0.05) is 11.6 Å². The molecule has 0 radical (unpaired) electrons. The molecule has 4 nitrogen and oxygen atoms in total. The van der Waals surface area contributed by atoms with Crippen LogP contribution in [-0.2, 0) is 11.2 Å². The summed E-state index contributed by atoms with van der Waals surface area (Å²) < 4.78 is 5.67. The van der Waals surface area contributed by atoms with Crippen molar-refractivity contribution in [2.24, 2.45) is 0 Å². The van der Waals surface area contributed by atoms with Crippen molar-refractivity contribution in [1.82, 2.24) is 9.80 Å². The maximum Gasteiger partial charge on any atom is 0.227 e. The highest BCUT2D eigenvalue weighted by Gasteiger charge is 2.25. The summed E-state index contributed by atoms with van der Waals surface area (Å²) in [7, 11) is 4.05. The maximum atomic E-state index is 12.7. The lowest BCUT2D eigenvalue weighted by Gasteiger charge is -2.35. The summed E-state index contributed by atoms with van der Waals surface area (Å²) in [4.78, 5) is 17.0. The number of hydrogen-bond acceptors (Lipinski definition) is 3. The van der Waals surface area contributed by atoms with Gasteiger partial charge in [0.1, 0.15) is 5.58 Å². The zero-order valence-electron chi connectivity index (χ0n) is 14.9. The first kappa shape index (κ1) is 17.3. The van der Waals surface area contributed by atoms with Crippen molar-refractivity contribution < 1.29 is 9.21 Å². The van der Waals surface area contributed by atoms with Crippen LogP contribution in [0, 0.1) is 13.8 Å². The van der Waals surface area contributed by atoms with Crippen molar-refractivity contribution >= 4 is 28.5 Å². The van der Waals surface area contributed by atoms with Crippen molar-refractivity contribution in [3.8, 4) is 0 Å². The second-order valence-corrected chi connectivity index (χ2v) is 7.36. The summed E-state index contributed by atoms with van der Waals surface area (Å²) in [5.74, 6) is 0.142. The molecule has 0 aliphatic carbocycles. The molecular formula is C19H25ClN2O2. The summed E-state index contributed by atoms with van der Waals surface area (Å²) >= 11 is 6.38. The van der Waals surface area contributed by atoms with E-state index in [1.54, 1.807) is 6.26 Å². The molecule has 0 saturated carbocycles. The van der Waals surface area contributed by atoms with E-state index in [0.717, 1.165) is 58.6 Å². The van der Waals surface area contributed by atoms with Gasteiger partial charge < -0.3 is 14.2 Å². The number of likely N-dealkylation sites (N-methyl/N-ethyl adjacent to an activating group) is 1. The van der Waals surface area contributed by atoms with Crippen LogP contribution in [0.5, 0.6) is 0 Å². The number of carbonyl (C=O) groups excluding carboxylic acids is 1. The Hall–Kier alpha value is -1.52. The maximum absolute atomic E-state index is 12.7. The molecule has 0 N–H and O–H groups in total. The van der Waals surface area contributed by atoms with E-state index in [1.807, 2.05) is 31.9 Å². The lowest BCUT2D eigenvalue weighted by atomic mass is 10.0. The largest absolute Gasteiger partial charge is 0.464 e. The highest BCUT2D eigenvalue weighted by atomic mass is 35.5. The molecule has 0 bridgehead atoms. The van der Waals surface area contributed by atoms with Crippen molar-refractivity contribution in [1.29, 1.82) is 0 Å². The first-order valence-electron chi connectivity index (χ1n) is 8.48. The molecule has 1 fully saturated rings. The Kier molecular flexibility index (Phi) is 4.88. The van der Waals surface area contributed by atoms with Crippen molar-refractivity contribution in [2.45, 2.75) is 39.2 Å². The Labute approximate surface area is 148 Å². The van der Waals surface area contributed by atoms with E-state index in [9.17, 15) is 4.79 Å². The molecule has 130 valence electrons. The van der Waals surface area contributed by atoms with Crippen LogP contribution in [0.15, 0.2) is 16.7 Å². The Morgan fingerprint density at radius 1 is 1.38 bits per heavy atom. The first-order valence-corrected chi connectivity index (χ1v) is 8.86. The smallest absolute Gasteiger partial charge is 0.227 e. The monoisotopic (exact) mass is 348 g/mol. The van der Waals surface area contributed by atoms with Gasteiger partial charge in [0.05, 0.1) is 12.7 Å². The fraction of sp³-hybridized carbons (Fsp3) is 0.526. The van der Waals surface area contributed by atoms with Gasteiger partial charge in [0, 0.05) is 29.1 Å². The third-order valence-electron chi connectivity index (χ3n) is 5.26. The van der Waals surface area contributed by atoms with E-state index in [4.69, 9.17) is 16.0 Å². The highest BCUT2D eigenvalue weighted by molar-refractivity contribution is 6.33. The minimum atomic E-state index is 0.142. The number of aryl methyl sites for hydroxylation is 2. The quantitative estimate of drug-likeness (QED) is 0.846. The van der Waals surface area contributed by atoms with Gasteiger partial charge in [-0.2, -0.15) is 0 Å². The number of likely N-dealkylation sites (tertiary alicyclic amines) is 1. The fourth-order valence-electron chi connectivity index (χ4n) is 3.61. The van der Waals surface area contributed by atoms with Crippen LogP contribution in [0.1, 0.15) is 29.5 Å². The minimum Gasteiger partial charge on any atom is -0.464 e. The van der Waals surface area contributed by atoms with Crippen LogP contribution >= 0.6 is 11.6 Å². The first-order chi connectivity index (χ1) is 11.4. The summed E-state index contributed by atoms with van der Waals surface area (Å²) in [5, 5.41) is 1.73. The van der Waals surface area contributed by atoms with E-state index in [-0.39, 0.29) is 5.91 Å². The minimum absolute atomic E-state index is 0.142. The average molecular weight is 349 g/mol. The zero-order chi connectivity index (χ0) is 17.4. The zero-order valence-corrected chi connectivity index (χ0v) is 15.6. The molecule has 0 unspecified atom stereocenters. The molecular weight excluding hydrogens is 324 g/mol. The van der Waals surface area contributed by atoms with E-state index in [0.29, 0.717) is 12.5 Å². The third kappa shape index (κ3) is 3.17. The molecule has 1 amide bonds. The van der Waals surface area contributed by atoms with Crippen molar-refractivity contribution in [2.75, 3.05) is 27.2 Å². The van der Waals surface area contributed by atoms with Crippen LogP contribution < -0.4 is 0 Å². The number of halogens is 1. The Morgan fingerprint density at radius 3 is 2.71 bits per heavy atom. The topological polar surface area (TPSA) is 36.7 Å². The SMILES string of the molecule is Cc1cc2occ(CC(=O)N(C)C3CCN(C)CC3)c2c(C)c1Cl. The molecule has 0 atom stereocenters. The van der Waals surface area contributed by atoms with Gasteiger partial charge in [-0.15, -0.1) is 0 Å². The number of hydrogen-bond donors (Lipinski definition) is 0. The average Bonchev–Trinajstić information content (AvgIpc) is 2.95. The molecule has 2 heterocycles. The van der Waals surface area contributed by atoms with E-state index >= 15 is 0 Å². The molecule has 2 aromatic rings. The lowest BCUT2D eigenvalue weighted by Crippen LogP contribution is -2.44. The van der Waals surface area contributed by atoms with Crippen molar-refractivity contribution in [3.05, 3.63) is 34.0 Å². The number of benzene rings is 1. The van der Waals surface area contributed by atoms with Gasteiger partial charge in [-0.3, -0.25) is 4.79 Å². The number of amides is 1. The molecule has 5 heteroatoms. The van der Waals surface area contributed by atoms with Gasteiger partial charge in [-0.05, 0) is 64.0 Å². The van der Waals surface area contributed by atoms with E-state index in [1.165, 1.54) is 0 Å². The molecule has 1 saturated heterocycles. The van der Waals surface area contributed by atoms with Gasteiger partial charge in [0.25, 0.3) is 0 Å². The van der Waals surface area contributed by atoms with Gasteiger partial charge in [0.2, 0.25) is 5.91 Å². The number of rotatable bonds is 3. The third-order valence-corrected chi connectivity index (χ3v) is 5.85. The summed E-state index contributed by atoms with van der Waals surface area (Å²) in [6, 6.07) is 2.28. The lowest BCUT2D eigenvalue weighted by molar-refractivity contribution is -0.132. The fourth-order valence-corrected chi connectivity index (χ4v) is 3.76. The number of piperidine rings is 1. The summed E-state index contributed by atoms with van der Waals surface area (Å²) in [6.45, 7) is 6.05. The van der Waals surface area contributed by atoms with E-state index in [2.05, 4.69) is 11.9 Å². The number of fused-ring (bicyclic) bond motifs is 1. The van der Waals surface area contributed by atoms with Crippen LogP contribution in [0.2, 0.25) is 5.02 Å². The number of furan rings is 1. The predicted octanol–water partition coefficient (Wildman–Crippen LogP) is 3.80. The summed E-state index contributed by atoms with van der Waals surface area (Å²) in [5.41, 5.74) is 3.72. The second-order valence-electron chi connectivity index (χ2n) is 6.98. The molecule has 3 rings (SSSR count). The number of nitrogens with zero attached hydrogens (tertiary/aromatic N) is 2. The van der Waals surface area contributed by atoms with Crippen molar-refractivity contribution in [3.63, 3.8) is 0 Å². The molecule has 1 aliphatic rings. The Morgan fingerprint density at radius 2 is 2.04 bits per heavy atom. The highest BCUT2D eigenvalue weighted by Crippen LogP contribution is 2.33. The molecule has 0 spiro atoms. The molecule has 1 aliphatic heterocycles. The molecule has 24 heavy (non-hydrogen) atoms. The number of carbonyl (C=O) groups is 1. The standard InChI is InChI=1S/C19H25ClN2O2/c1-12-9-16-18(13(2)19(12)20)14(11-24-16)10-17(23)22(4)15-5-7-21(3)8-6-15/h9,11,15H,5-8,10H2,1-4H3. The van der Waals surface area contributed by atoms with Crippen LogP contribution in [0.4, 0.5) is 0 Å². The van der Waals surface area contributed by atoms with E-state index < -0.39 is 0 Å². The van der Waals surface area contributed by atoms with Crippen LogP contribution in [0.3, 0.4) is 0 Å². The Balaban J connectivity index is 1.79. The van der Waals surface area contributed by atoms with Crippen LogP contribution in [0.25, 0.3) is 11.0 Å².